The fourth-order valence-corrected chi connectivity index (χ4v) is 3.71. The minimum Gasteiger partial charge on any atom is -0.341 e. The van der Waals surface area contributed by atoms with Gasteiger partial charge >= 0.3 is 0 Å². The maximum atomic E-state index is 12.6. The van der Waals surface area contributed by atoms with Crippen molar-refractivity contribution in [3.05, 3.63) is 64.9 Å². The lowest BCUT2D eigenvalue weighted by atomic mass is 10.1. The van der Waals surface area contributed by atoms with Gasteiger partial charge in [0.25, 0.3) is 0 Å². The van der Waals surface area contributed by atoms with Crippen molar-refractivity contribution in [2.24, 2.45) is 0 Å². The number of rotatable bonds is 6. The summed E-state index contributed by atoms with van der Waals surface area (Å²) in [5.74, 6) is 1.41. The molecule has 1 N–H and O–H groups in total. The molecule has 4 nitrogen and oxygen atoms in total. The summed E-state index contributed by atoms with van der Waals surface area (Å²) in [7, 11) is 1.84. The van der Waals surface area contributed by atoms with Crippen molar-refractivity contribution in [2.45, 2.75) is 25.1 Å². The first-order chi connectivity index (χ1) is 12.5. The van der Waals surface area contributed by atoms with E-state index in [1.54, 1.807) is 16.7 Å². The number of hydrogen-bond donors (Lipinski definition) is 1. The lowest BCUT2D eigenvalue weighted by molar-refractivity contribution is -0.128. The number of aromatic nitrogens is 2. The summed E-state index contributed by atoms with van der Waals surface area (Å²) in [4.78, 5) is 22.3. The molecular formula is C20H22ClN3OS. The van der Waals surface area contributed by atoms with E-state index in [1.165, 1.54) is 0 Å². The van der Waals surface area contributed by atoms with E-state index in [-0.39, 0.29) is 17.2 Å². The van der Waals surface area contributed by atoms with Crippen LogP contribution in [0.5, 0.6) is 0 Å². The van der Waals surface area contributed by atoms with Crippen LogP contribution in [0.3, 0.4) is 0 Å². The van der Waals surface area contributed by atoms with E-state index in [0.29, 0.717) is 10.8 Å². The second-order valence-electron chi connectivity index (χ2n) is 6.32. The van der Waals surface area contributed by atoms with Crippen molar-refractivity contribution in [3.63, 3.8) is 0 Å². The third-order valence-electron chi connectivity index (χ3n) is 4.58. The number of hydrogen-bond acceptors (Lipinski definition) is 3. The zero-order valence-corrected chi connectivity index (χ0v) is 16.6. The predicted molar refractivity (Wildman–Crippen MR) is 110 cm³/mol. The second kappa shape index (κ2) is 8.14. The number of halogens is 1. The summed E-state index contributed by atoms with van der Waals surface area (Å²) < 4.78 is 0. The van der Waals surface area contributed by atoms with Crippen LogP contribution in [0.25, 0.3) is 11.0 Å². The Hall–Kier alpha value is -1.98. The molecule has 1 aromatic heterocycles. The van der Waals surface area contributed by atoms with Gasteiger partial charge in [0, 0.05) is 12.1 Å². The molecule has 3 rings (SSSR count). The van der Waals surface area contributed by atoms with Crippen molar-refractivity contribution in [2.75, 3.05) is 12.8 Å². The van der Waals surface area contributed by atoms with Gasteiger partial charge in [-0.3, -0.25) is 4.79 Å². The quantitative estimate of drug-likeness (QED) is 0.630. The molecular weight excluding hydrogens is 366 g/mol. The first kappa shape index (κ1) is 18.8. The average Bonchev–Trinajstić information content (AvgIpc) is 3.09. The number of nitrogens with zero attached hydrogens (tertiary/aromatic N) is 2. The molecule has 0 aliphatic carbocycles. The van der Waals surface area contributed by atoms with Gasteiger partial charge in [-0.25, -0.2) is 4.98 Å². The molecule has 26 heavy (non-hydrogen) atoms. The summed E-state index contributed by atoms with van der Waals surface area (Å²) in [6.07, 6.45) is 0. The molecule has 0 saturated heterocycles. The van der Waals surface area contributed by atoms with Gasteiger partial charge in [-0.2, -0.15) is 0 Å². The number of imidazole rings is 1. The van der Waals surface area contributed by atoms with E-state index < -0.39 is 0 Å². The van der Waals surface area contributed by atoms with Gasteiger partial charge in [0.05, 0.1) is 28.1 Å². The lowest BCUT2D eigenvalue weighted by Crippen LogP contribution is -2.31. The molecule has 0 aliphatic rings. The van der Waals surface area contributed by atoms with Gasteiger partial charge in [0.15, 0.2) is 0 Å². The fourth-order valence-electron chi connectivity index (χ4n) is 2.72. The summed E-state index contributed by atoms with van der Waals surface area (Å²) in [6, 6.07) is 15.6. The molecule has 0 saturated carbocycles. The molecule has 136 valence electrons. The highest BCUT2D eigenvalue weighted by Gasteiger charge is 2.19. The lowest BCUT2D eigenvalue weighted by Gasteiger charge is -2.25. The van der Waals surface area contributed by atoms with Crippen LogP contribution >= 0.6 is 23.4 Å². The van der Waals surface area contributed by atoms with Crippen LogP contribution in [0.1, 0.15) is 36.5 Å². The zero-order valence-electron chi connectivity index (χ0n) is 15.1. The molecule has 0 aliphatic heterocycles. The van der Waals surface area contributed by atoms with Crippen LogP contribution in [0.15, 0.2) is 48.5 Å². The molecule has 6 heteroatoms. The van der Waals surface area contributed by atoms with Crippen LogP contribution in [-0.2, 0) is 4.79 Å². The van der Waals surface area contributed by atoms with Crippen molar-refractivity contribution in [1.82, 2.24) is 14.9 Å². The highest BCUT2D eigenvalue weighted by atomic mass is 35.5. The molecule has 0 bridgehead atoms. The third-order valence-corrected chi connectivity index (χ3v) is 5.97. The van der Waals surface area contributed by atoms with Crippen LogP contribution in [-0.4, -0.2) is 33.6 Å². The molecule has 0 radical (unpaired) electrons. The van der Waals surface area contributed by atoms with Crippen molar-refractivity contribution >= 4 is 40.3 Å². The van der Waals surface area contributed by atoms with Gasteiger partial charge in [-0.15, -0.1) is 11.8 Å². The molecule has 3 aromatic rings. The van der Waals surface area contributed by atoms with E-state index >= 15 is 0 Å². The average molecular weight is 388 g/mol. The predicted octanol–water partition coefficient (Wildman–Crippen LogP) is 5.23. The molecule has 1 heterocycles. The van der Waals surface area contributed by atoms with Crippen molar-refractivity contribution in [1.29, 1.82) is 0 Å². The Labute approximate surface area is 163 Å². The van der Waals surface area contributed by atoms with Crippen LogP contribution in [0.4, 0.5) is 0 Å². The Kier molecular flexibility index (Phi) is 5.89. The van der Waals surface area contributed by atoms with Crippen molar-refractivity contribution in [3.8, 4) is 0 Å². The Morgan fingerprint density at radius 2 is 1.88 bits per heavy atom. The Morgan fingerprint density at radius 1 is 1.19 bits per heavy atom. The monoisotopic (exact) mass is 387 g/mol. The molecule has 0 fully saturated rings. The standard InChI is InChI=1S/C20H22ClN3OS/c1-13(15-8-10-16(21)11-9-15)24(3)19(25)12-26-14(2)20-22-17-6-4-5-7-18(17)23-20/h4-11,13-14H,12H2,1-3H3,(H,22,23). The van der Waals surface area contributed by atoms with Gasteiger partial charge < -0.3 is 9.88 Å². The number of H-pyrrole nitrogens is 1. The molecule has 2 aromatic carbocycles. The van der Waals surface area contributed by atoms with Gasteiger partial charge in [-0.05, 0) is 43.7 Å². The first-order valence-corrected chi connectivity index (χ1v) is 9.95. The van der Waals surface area contributed by atoms with E-state index in [1.807, 2.05) is 62.5 Å². The number of fused-ring (bicyclic) bond motifs is 1. The number of amides is 1. The highest BCUT2D eigenvalue weighted by Crippen LogP contribution is 2.29. The van der Waals surface area contributed by atoms with Crippen LogP contribution in [0.2, 0.25) is 5.02 Å². The fraction of sp³-hybridized carbons (Fsp3) is 0.300. The normalized spacial score (nSPS) is 13.5. The number of nitrogens with one attached hydrogen (secondary N) is 1. The number of aromatic amines is 1. The number of benzene rings is 2. The van der Waals surface area contributed by atoms with Gasteiger partial charge in [0.2, 0.25) is 5.91 Å². The number of thioether (sulfide) groups is 1. The summed E-state index contributed by atoms with van der Waals surface area (Å²) in [6.45, 7) is 4.09. The van der Waals surface area contributed by atoms with Gasteiger partial charge in [0.1, 0.15) is 5.82 Å². The Morgan fingerprint density at radius 3 is 2.58 bits per heavy atom. The number of para-hydroxylation sites is 2. The van der Waals surface area contributed by atoms with E-state index in [2.05, 4.69) is 16.9 Å². The molecule has 2 unspecified atom stereocenters. The van der Waals surface area contributed by atoms with Crippen LogP contribution < -0.4 is 0 Å². The summed E-state index contributed by atoms with van der Waals surface area (Å²) in [5, 5.41) is 0.815. The topological polar surface area (TPSA) is 49.0 Å². The van der Waals surface area contributed by atoms with Crippen LogP contribution in [0, 0.1) is 0 Å². The van der Waals surface area contributed by atoms with E-state index in [9.17, 15) is 4.79 Å². The minimum absolute atomic E-state index is 0.00173. The second-order valence-corrected chi connectivity index (χ2v) is 8.09. The summed E-state index contributed by atoms with van der Waals surface area (Å²) in [5.41, 5.74) is 3.05. The van der Waals surface area contributed by atoms with Gasteiger partial charge in [-0.1, -0.05) is 35.9 Å². The zero-order chi connectivity index (χ0) is 18.7. The largest absolute Gasteiger partial charge is 0.341 e. The molecule has 2 atom stereocenters. The first-order valence-electron chi connectivity index (χ1n) is 8.53. The van der Waals surface area contributed by atoms with E-state index in [4.69, 9.17) is 11.6 Å². The third kappa shape index (κ3) is 4.22. The molecule has 0 spiro atoms. The van der Waals surface area contributed by atoms with Crippen molar-refractivity contribution < 1.29 is 4.79 Å². The number of carbonyl (C=O) groups excluding carboxylic acids is 1. The Balaban J connectivity index is 1.59. The number of carbonyl (C=O) groups is 1. The smallest absolute Gasteiger partial charge is 0.232 e. The molecule has 1 amide bonds. The maximum Gasteiger partial charge on any atom is 0.232 e. The minimum atomic E-state index is 0.00173. The maximum absolute atomic E-state index is 12.6. The summed E-state index contributed by atoms with van der Waals surface area (Å²) >= 11 is 7.53. The Bertz CT molecular complexity index is 860. The highest BCUT2D eigenvalue weighted by molar-refractivity contribution is 8.00. The SMILES string of the molecule is CC(SCC(=O)N(C)C(C)c1ccc(Cl)cc1)c1nc2ccccc2[nH]1. The van der Waals surface area contributed by atoms with E-state index in [0.717, 1.165) is 22.4 Å².